The maximum atomic E-state index is 12.7. The van der Waals surface area contributed by atoms with Gasteiger partial charge in [-0.15, -0.1) is 10.2 Å². The van der Waals surface area contributed by atoms with E-state index in [9.17, 15) is 28.0 Å². The number of hydrogen-bond acceptors (Lipinski definition) is 7. The number of carbonyl (C=O) groups excluding carboxylic acids is 2. The molecule has 9 nitrogen and oxygen atoms in total. The van der Waals surface area contributed by atoms with Crippen molar-refractivity contribution >= 4 is 29.3 Å². The number of para-hydroxylation sites is 1. The van der Waals surface area contributed by atoms with E-state index >= 15 is 0 Å². The van der Waals surface area contributed by atoms with Crippen LogP contribution in [0.15, 0.2) is 18.2 Å². The van der Waals surface area contributed by atoms with Gasteiger partial charge >= 0.3 is 6.18 Å². The molecule has 2 aromatic rings. The molecule has 0 saturated heterocycles. The van der Waals surface area contributed by atoms with Crippen LogP contribution in [0.25, 0.3) is 11.0 Å². The van der Waals surface area contributed by atoms with Crippen molar-refractivity contribution < 1.29 is 28.0 Å². The number of alkyl halides is 3. The molecule has 0 saturated carbocycles. The Morgan fingerprint density at radius 3 is 2.69 bits per heavy atom. The fraction of sp³-hybridized carbons (Fsp3) is 0.471. The first-order valence-electron chi connectivity index (χ1n) is 8.78. The maximum absolute atomic E-state index is 12.7. The average Bonchev–Trinajstić information content (AvgIpc) is 2.68. The van der Waals surface area contributed by atoms with E-state index in [0.717, 1.165) is 5.56 Å². The quantitative estimate of drug-likeness (QED) is 0.161. The predicted octanol–water partition coefficient (Wildman–Crippen LogP) is 2.13. The number of carbonyl (C=O) groups is 2. The number of aryl methyl sites for hydroxylation is 1. The number of aromatic nitrogens is 3. The Kier molecular flexibility index (Phi) is 7.40. The summed E-state index contributed by atoms with van der Waals surface area (Å²) >= 11 is 0. The van der Waals surface area contributed by atoms with Gasteiger partial charge in [0, 0.05) is 6.42 Å². The second-order valence-corrected chi connectivity index (χ2v) is 6.55. The summed E-state index contributed by atoms with van der Waals surface area (Å²) in [5.41, 5.74) is 1.77. The van der Waals surface area contributed by atoms with Gasteiger partial charge in [-0.2, -0.15) is 13.2 Å². The molecule has 0 aliphatic rings. The van der Waals surface area contributed by atoms with Crippen molar-refractivity contribution in [3.63, 3.8) is 0 Å². The van der Waals surface area contributed by atoms with Crippen LogP contribution in [0.5, 0.6) is 0 Å². The van der Waals surface area contributed by atoms with Gasteiger partial charge in [0.15, 0.2) is 0 Å². The smallest absolute Gasteiger partial charge is 0.286 e. The second-order valence-electron chi connectivity index (χ2n) is 6.55. The molecule has 1 heterocycles. The lowest BCUT2D eigenvalue weighted by Gasteiger charge is -2.23. The Morgan fingerprint density at radius 1 is 1.31 bits per heavy atom. The van der Waals surface area contributed by atoms with Gasteiger partial charge in [-0.05, 0) is 31.4 Å². The highest BCUT2D eigenvalue weighted by atomic mass is 19.4. The minimum Gasteiger partial charge on any atom is -0.286 e. The Bertz CT molecular complexity index is 864. The molecule has 0 unspecified atom stereocenters. The standard InChI is InChI=1S/C17H21F3N6O3/c1-11-5-4-7-13-14(11)22-16(24-23-13)26(21)15(28)12(9-25(29)10-27)6-2-3-8-17(18,19)20/h4-5,7,10,12,29H,2-3,6,8-9,21H2,1H3/t12-/m1/s1. The zero-order chi connectivity index (χ0) is 21.6. The Balaban J connectivity index is 2.15. The van der Waals surface area contributed by atoms with Gasteiger partial charge in [0.2, 0.25) is 12.3 Å². The van der Waals surface area contributed by atoms with Crippen LogP contribution < -0.4 is 10.9 Å². The van der Waals surface area contributed by atoms with Crippen molar-refractivity contribution in [3.8, 4) is 0 Å². The summed E-state index contributed by atoms with van der Waals surface area (Å²) in [5.74, 6) is 3.82. The molecule has 2 amide bonds. The van der Waals surface area contributed by atoms with E-state index < -0.39 is 31.0 Å². The molecule has 0 radical (unpaired) electrons. The van der Waals surface area contributed by atoms with Crippen LogP contribution in [0.3, 0.4) is 0 Å². The van der Waals surface area contributed by atoms with Crippen LogP contribution in [0.4, 0.5) is 19.1 Å². The molecule has 2 rings (SSSR count). The molecule has 1 aromatic heterocycles. The molecule has 0 bridgehead atoms. The summed E-state index contributed by atoms with van der Waals surface area (Å²) in [5, 5.41) is 18.1. The predicted molar refractivity (Wildman–Crippen MR) is 96.3 cm³/mol. The summed E-state index contributed by atoms with van der Waals surface area (Å²) < 4.78 is 36.9. The Morgan fingerprint density at radius 2 is 2.03 bits per heavy atom. The lowest BCUT2D eigenvalue weighted by molar-refractivity contribution is -0.154. The van der Waals surface area contributed by atoms with Crippen LogP contribution in [0, 0.1) is 12.8 Å². The van der Waals surface area contributed by atoms with E-state index in [1.54, 1.807) is 25.1 Å². The van der Waals surface area contributed by atoms with E-state index in [1.165, 1.54) is 0 Å². The zero-order valence-corrected chi connectivity index (χ0v) is 15.6. The fourth-order valence-electron chi connectivity index (χ4n) is 2.77. The van der Waals surface area contributed by atoms with E-state index in [-0.39, 0.29) is 36.7 Å². The minimum absolute atomic E-state index is 0.0203. The molecule has 1 atom stereocenters. The number of hydrazine groups is 1. The molecule has 0 fully saturated rings. The largest absolute Gasteiger partial charge is 0.389 e. The molecule has 1 aromatic carbocycles. The average molecular weight is 414 g/mol. The third-order valence-corrected chi connectivity index (χ3v) is 4.27. The summed E-state index contributed by atoms with van der Waals surface area (Å²) in [4.78, 5) is 27.6. The second kappa shape index (κ2) is 9.56. The van der Waals surface area contributed by atoms with Gasteiger partial charge in [0.05, 0.1) is 18.0 Å². The number of benzene rings is 1. The molecule has 0 aliphatic carbocycles. The first kappa shape index (κ1) is 22.4. The third-order valence-electron chi connectivity index (χ3n) is 4.27. The van der Waals surface area contributed by atoms with Gasteiger partial charge in [0.1, 0.15) is 5.52 Å². The first-order chi connectivity index (χ1) is 13.6. The number of nitrogens with zero attached hydrogens (tertiary/aromatic N) is 5. The minimum atomic E-state index is -4.30. The van der Waals surface area contributed by atoms with Crippen molar-refractivity contribution in [3.05, 3.63) is 23.8 Å². The number of halogens is 3. The normalized spacial score (nSPS) is 12.6. The highest BCUT2D eigenvalue weighted by Crippen LogP contribution is 2.24. The summed E-state index contributed by atoms with van der Waals surface area (Å²) in [6, 6.07) is 5.25. The highest BCUT2D eigenvalue weighted by Gasteiger charge is 2.29. The number of unbranched alkanes of at least 4 members (excludes halogenated alkanes) is 1. The molecule has 12 heteroatoms. The number of hydroxylamine groups is 2. The molecule has 29 heavy (non-hydrogen) atoms. The third kappa shape index (κ3) is 6.32. The van der Waals surface area contributed by atoms with Crippen LogP contribution in [-0.2, 0) is 9.59 Å². The van der Waals surface area contributed by atoms with Crippen molar-refractivity contribution in [1.82, 2.24) is 20.2 Å². The summed E-state index contributed by atoms with van der Waals surface area (Å²) in [6.45, 7) is 1.36. The van der Waals surface area contributed by atoms with Crippen LogP contribution >= 0.6 is 0 Å². The van der Waals surface area contributed by atoms with Crippen molar-refractivity contribution in [2.75, 3.05) is 11.6 Å². The monoisotopic (exact) mass is 414 g/mol. The van der Waals surface area contributed by atoms with E-state index in [0.29, 0.717) is 16.0 Å². The van der Waals surface area contributed by atoms with E-state index in [4.69, 9.17) is 5.84 Å². The van der Waals surface area contributed by atoms with Crippen molar-refractivity contribution in [2.24, 2.45) is 11.8 Å². The number of anilines is 1. The number of rotatable bonds is 9. The highest BCUT2D eigenvalue weighted by molar-refractivity contribution is 5.93. The first-order valence-corrected chi connectivity index (χ1v) is 8.78. The topological polar surface area (TPSA) is 126 Å². The number of amides is 2. The maximum Gasteiger partial charge on any atom is 0.389 e. The van der Waals surface area contributed by atoms with Gasteiger partial charge in [0.25, 0.3) is 5.95 Å². The molecular weight excluding hydrogens is 393 g/mol. The number of hydrogen-bond donors (Lipinski definition) is 2. The Hall–Kier alpha value is -2.86. The van der Waals surface area contributed by atoms with Gasteiger partial charge in [-0.1, -0.05) is 18.6 Å². The number of fused-ring (bicyclic) bond motifs is 1. The van der Waals surface area contributed by atoms with Gasteiger partial charge < -0.3 is 0 Å². The van der Waals surface area contributed by atoms with Gasteiger partial charge in [-0.3, -0.25) is 14.8 Å². The molecule has 158 valence electrons. The molecule has 3 N–H and O–H groups in total. The molecular formula is C17H21F3N6O3. The molecule has 0 aliphatic heterocycles. The SMILES string of the molecule is Cc1cccc2nnc(N(N)C(=O)[C@H](CCCCC(F)(F)F)CN(O)C=O)nc12. The van der Waals surface area contributed by atoms with Crippen LogP contribution in [0.2, 0.25) is 0 Å². The zero-order valence-electron chi connectivity index (χ0n) is 15.6. The lowest BCUT2D eigenvalue weighted by Crippen LogP contribution is -2.46. The van der Waals surface area contributed by atoms with Crippen LogP contribution in [0.1, 0.15) is 31.2 Å². The molecule has 0 spiro atoms. The Labute approximate surface area is 164 Å². The van der Waals surface area contributed by atoms with E-state index in [1.807, 2.05) is 0 Å². The fourth-order valence-corrected chi connectivity index (χ4v) is 2.77. The summed E-state index contributed by atoms with van der Waals surface area (Å²) in [7, 11) is 0. The van der Waals surface area contributed by atoms with E-state index in [2.05, 4.69) is 15.2 Å². The van der Waals surface area contributed by atoms with Gasteiger partial charge in [-0.25, -0.2) is 20.9 Å². The van der Waals surface area contributed by atoms with Crippen LogP contribution in [-0.4, -0.2) is 50.5 Å². The lowest BCUT2D eigenvalue weighted by atomic mass is 9.99. The van der Waals surface area contributed by atoms with Crippen molar-refractivity contribution in [1.29, 1.82) is 0 Å². The van der Waals surface area contributed by atoms with Crippen molar-refractivity contribution in [2.45, 2.75) is 38.8 Å². The number of nitrogens with two attached hydrogens (primary N) is 1. The summed E-state index contributed by atoms with van der Waals surface area (Å²) in [6.07, 6.45) is -5.37.